The van der Waals surface area contributed by atoms with Crippen molar-refractivity contribution in [2.24, 2.45) is 0 Å². The fourth-order valence-corrected chi connectivity index (χ4v) is 1.99. The molecule has 0 spiro atoms. The minimum atomic E-state index is -0.818. The van der Waals surface area contributed by atoms with Crippen LogP contribution in [0, 0.1) is 11.6 Å². The highest BCUT2D eigenvalue weighted by atomic mass is 35.5. The third kappa shape index (κ3) is 3.49. The highest BCUT2D eigenvalue weighted by molar-refractivity contribution is 6.33. The van der Waals surface area contributed by atoms with E-state index in [1.54, 1.807) is 31.2 Å². The van der Waals surface area contributed by atoms with Crippen LogP contribution in [-0.2, 0) is 0 Å². The number of amides is 1. The van der Waals surface area contributed by atoms with E-state index < -0.39 is 17.5 Å². The van der Waals surface area contributed by atoms with Crippen LogP contribution in [0.4, 0.5) is 20.2 Å². The van der Waals surface area contributed by atoms with Gasteiger partial charge in [0.25, 0.3) is 5.91 Å². The third-order valence-electron chi connectivity index (χ3n) is 2.78. The molecule has 0 aromatic heterocycles. The van der Waals surface area contributed by atoms with Crippen LogP contribution in [0.1, 0.15) is 17.3 Å². The zero-order valence-corrected chi connectivity index (χ0v) is 12.0. The Kier molecular flexibility index (Phi) is 4.75. The summed E-state index contributed by atoms with van der Waals surface area (Å²) in [4.78, 5) is 12.0. The van der Waals surface area contributed by atoms with Gasteiger partial charge in [-0.3, -0.25) is 4.79 Å². The molecule has 0 radical (unpaired) electrons. The maximum atomic E-state index is 13.8. The SMILES string of the molecule is CCNc1c(F)cc(C(=O)Nc2ccccc2Cl)cc1F. The molecule has 2 aromatic rings. The number of rotatable bonds is 4. The number of carbonyl (C=O) groups excluding carboxylic acids is 1. The van der Waals surface area contributed by atoms with E-state index in [-0.39, 0.29) is 11.3 Å². The molecule has 21 heavy (non-hydrogen) atoms. The van der Waals surface area contributed by atoms with Gasteiger partial charge in [0, 0.05) is 12.1 Å². The van der Waals surface area contributed by atoms with Crippen LogP contribution in [0.15, 0.2) is 36.4 Å². The number of nitrogens with one attached hydrogen (secondary N) is 2. The van der Waals surface area contributed by atoms with E-state index in [0.717, 1.165) is 12.1 Å². The van der Waals surface area contributed by atoms with Crippen molar-refractivity contribution in [2.45, 2.75) is 6.92 Å². The topological polar surface area (TPSA) is 41.1 Å². The molecule has 2 rings (SSSR count). The largest absolute Gasteiger partial charge is 0.381 e. The standard InChI is InChI=1S/C15H13ClF2N2O/c1-2-19-14-11(17)7-9(8-12(14)18)15(21)20-13-6-4-3-5-10(13)16/h3-8,19H,2H2,1H3,(H,20,21). The van der Waals surface area contributed by atoms with Gasteiger partial charge in [-0.15, -0.1) is 0 Å². The number of benzene rings is 2. The van der Waals surface area contributed by atoms with Crippen LogP contribution in [0.3, 0.4) is 0 Å². The molecule has 0 aliphatic rings. The Morgan fingerprint density at radius 3 is 2.38 bits per heavy atom. The van der Waals surface area contributed by atoms with Crippen molar-refractivity contribution >= 4 is 28.9 Å². The van der Waals surface area contributed by atoms with Crippen molar-refractivity contribution in [3.63, 3.8) is 0 Å². The third-order valence-corrected chi connectivity index (χ3v) is 3.11. The van der Waals surface area contributed by atoms with Gasteiger partial charge >= 0.3 is 0 Å². The normalized spacial score (nSPS) is 10.3. The molecule has 0 aliphatic carbocycles. The van der Waals surface area contributed by atoms with Crippen LogP contribution >= 0.6 is 11.6 Å². The lowest BCUT2D eigenvalue weighted by Gasteiger charge is -2.10. The van der Waals surface area contributed by atoms with E-state index in [4.69, 9.17) is 11.6 Å². The van der Waals surface area contributed by atoms with E-state index in [1.165, 1.54) is 0 Å². The van der Waals surface area contributed by atoms with Crippen LogP contribution in [0.25, 0.3) is 0 Å². The molecule has 1 amide bonds. The summed E-state index contributed by atoms with van der Waals surface area (Å²) in [7, 11) is 0. The van der Waals surface area contributed by atoms with E-state index in [9.17, 15) is 13.6 Å². The first-order chi connectivity index (χ1) is 10.0. The quantitative estimate of drug-likeness (QED) is 0.884. The second-order valence-electron chi connectivity index (χ2n) is 4.28. The summed E-state index contributed by atoms with van der Waals surface area (Å²) < 4.78 is 27.5. The zero-order chi connectivity index (χ0) is 15.4. The van der Waals surface area contributed by atoms with E-state index >= 15 is 0 Å². The van der Waals surface area contributed by atoms with Gasteiger partial charge in [-0.25, -0.2) is 8.78 Å². The predicted octanol–water partition coefficient (Wildman–Crippen LogP) is 4.30. The number of hydrogen-bond acceptors (Lipinski definition) is 2. The number of para-hydroxylation sites is 1. The summed E-state index contributed by atoms with van der Waals surface area (Å²) in [5.41, 5.74) is 0.0131. The van der Waals surface area contributed by atoms with Gasteiger partial charge in [-0.2, -0.15) is 0 Å². The zero-order valence-electron chi connectivity index (χ0n) is 11.2. The molecule has 3 nitrogen and oxygen atoms in total. The van der Waals surface area contributed by atoms with Crippen LogP contribution in [0.2, 0.25) is 5.02 Å². The van der Waals surface area contributed by atoms with Gasteiger partial charge in [0.05, 0.1) is 10.7 Å². The molecular formula is C15H13ClF2N2O. The van der Waals surface area contributed by atoms with Crippen LogP contribution in [0.5, 0.6) is 0 Å². The van der Waals surface area contributed by atoms with E-state index in [2.05, 4.69) is 10.6 Å². The maximum Gasteiger partial charge on any atom is 0.255 e. The van der Waals surface area contributed by atoms with Crippen molar-refractivity contribution < 1.29 is 13.6 Å². The van der Waals surface area contributed by atoms with Gasteiger partial charge in [0.2, 0.25) is 0 Å². The molecule has 0 aliphatic heterocycles. The van der Waals surface area contributed by atoms with Crippen molar-refractivity contribution in [2.75, 3.05) is 17.2 Å². The first kappa shape index (κ1) is 15.3. The monoisotopic (exact) mass is 310 g/mol. The second-order valence-corrected chi connectivity index (χ2v) is 4.69. The molecule has 2 N–H and O–H groups in total. The minimum Gasteiger partial charge on any atom is -0.381 e. The number of halogens is 3. The molecule has 0 unspecified atom stereocenters. The van der Waals surface area contributed by atoms with E-state index in [1.807, 2.05) is 0 Å². The minimum absolute atomic E-state index is 0.119. The summed E-state index contributed by atoms with van der Waals surface area (Å²) in [6.07, 6.45) is 0. The van der Waals surface area contributed by atoms with Gasteiger partial charge < -0.3 is 10.6 Å². The Bertz CT molecular complexity index is 653. The molecule has 0 saturated heterocycles. The molecule has 6 heteroatoms. The molecule has 2 aromatic carbocycles. The molecule has 110 valence electrons. The molecule has 0 bridgehead atoms. The van der Waals surface area contributed by atoms with Gasteiger partial charge in [-0.1, -0.05) is 23.7 Å². The van der Waals surface area contributed by atoms with Crippen LogP contribution in [-0.4, -0.2) is 12.5 Å². The Hall–Kier alpha value is -2.14. The molecule has 0 fully saturated rings. The average Bonchev–Trinajstić information content (AvgIpc) is 2.45. The van der Waals surface area contributed by atoms with Crippen molar-refractivity contribution in [1.29, 1.82) is 0 Å². The first-order valence-corrected chi connectivity index (χ1v) is 6.69. The summed E-state index contributed by atoms with van der Waals surface area (Å²) >= 11 is 5.91. The summed E-state index contributed by atoms with van der Waals surface area (Å²) in [6.45, 7) is 2.09. The Morgan fingerprint density at radius 2 is 1.81 bits per heavy atom. The number of carbonyl (C=O) groups is 1. The summed E-state index contributed by atoms with van der Waals surface area (Å²) in [5.74, 6) is -2.27. The molecule has 0 atom stereocenters. The smallest absolute Gasteiger partial charge is 0.255 e. The Balaban J connectivity index is 2.26. The summed E-state index contributed by atoms with van der Waals surface area (Å²) in [6, 6.07) is 8.56. The highest BCUT2D eigenvalue weighted by Gasteiger charge is 2.15. The van der Waals surface area contributed by atoms with Crippen molar-refractivity contribution in [3.8, 4) is 0 Å². The molecule has 0 heterocycles. The number of hydrogen-bond donors (Lipinski definition) is 2. The van der Waals surface area contributed by atoms with Crippen LogP contribution < -0.4 is 10.6 Å². The maximum absolute atomic E-state index is 13.8. The lowest BCUT2D eigenvalue weighted by Crippen LogP contribution is -2.14. The van der Waals surface area contributed by atoms with E-state index in [0.29, 0.717) is 17.3 Å². The Labute approximate surface area is 125 Å². The number of anilines is 2. The van der Waals surface area contributed by atoms with Gasteiger partial charge in [0.1, 0.15) is 17.3 Å². The fourth-order valence-electron chi connectivity index (χ4n) is 1.81. The van der Waals surface area contributed by atoms with Crippen molar-refractivity contribution in [1.82, 2.24) is 0 Å². The molecule has 0 saturated carbocycles. The van der Waals surface area contributed by atoms with Gasteiger partial charge in [-0.05, 0) is 31.2 Å². The fraction of sp³-hybridized carbons (Fsp3) is 0.133. The Morgan fingerprint density at radius 1 is 1.19 bits per heavy atom. The summed E-state index contributed by atoms with van der Waals surface area (Å²) in [5, 5.41) is 5.42. The van der Waals surface area contributed by atoms with Gasteiger partial charge in [0.15, 0.2) is 0 Å². The lowest BCUT2D eigenvalue weighted by molar-refractivity contribution is 0.102. The second kappa shape index (κ2) is 6.54. The predicted molar refractivity (Wildman–Crippen MR) is 79.9 cm³/mol. The van der Waals surface area contributed by atoms with Crippen molar-refractivity contribution in [3.05, 3.63) is 58.6 Å². The molecular weight excluding hydrogens is 298 g/mol. The lowest BCUT2D eigenvalue weighted by atomic mass is 10.1. The highest BCUT2D eigenvalue weighted by Crippen LogP contribution is 2.24. The first-order valence-electron chi connectivity index (χ1n) is 6.31. The average molecular weight is 311 g/mol.